The van der Waals surface area contributed by atoms with Crippen LogP contribution in [-0.2, 0) is 22.4 Å². The molecule has 162 valence electrons. The van der Waals surface area contributed by atoms with E-state index in [-0.39, 0.29) is 6.42 Å². The number of aromatic nitrogens is 1. The Morgan fingerprint density at radius 1 is 1.32 bits per heavy atom. The number of aldehydes is 1. The number of ether oxygens (including phenoxy) is 1. The van der Waals surface area contributed by atoms with Gasteiger partial charge in [0.1, 0.15) is 5.69 Å². The minimum Gasteiger partial charge on any atom is -0.461 e. The Bertz CT molecular complexity index is 1040. The molecule has 0 fully saturated rings. The Morgan fingerprint density at radius 2 is 2.13 bits per heavy atom. The van der Waals surface area contributed by atoms with Crippen LogP contribution in [0.2, 0.25) is 0 Å². The van der Waals surface area contributed by atoms with E-state index in [0.29, 0.717) is 30.7 Å². The number of benzene rings is 1. The van der Waals surface area contributed by atoms with Crippen molar-refractivity contribution in [1.82, 2.24) is 9.88 Å². The molecule has 1 aromatic heterocycles. The van der Waals surface area contributed by atoms with Crippen LogP contribution in [0.3, 0.4) is 0 Å². The molecule has 31 heavy (non-hydrogen) atoms. The third kappa shape index (κ3) is 5.57. The highest BCUT2D eigenvalue weighted by Crippen LogP contribution is 2.32. The van der Waals surface area contributed by atoms with Gasteiger partial charge in [-0.3, -0.25) is 4.79 Å². The fraction of sp³-hybridized carbons (Fsp3) is 0.400. The van der Waals surface area contributed by atoms with Crippen LogP contribution in [0.25, 0.3) is 11.3 Å². The first-order valence-electron chi connectivity index (χ1n) is 10.5. The number of esters is 1. The van der Waals surface area contributed by atoms with Crippen molar-refractivity contribution in [2.24, 2.45) is 0 Å². The topological polar surface area (TPSA) is 79.7 Å². The Hall–Kier alpha value is -3.01. The summed E-state index contributed by atoms with van der Waals surface area (Å²) in [6.07, 6.45) is 3.56. The number of aliphatic hydroxyl groups is 1. The fourth-order valence-corrected chi connectivity index (χ4v) is 3.60. The first-order chi connectivity index (χ1) is 14.8. The molecule has 2 aromatic rings. The summed E-state index contributed by atoms with van der Waals surface area (Å²) < 4.78 is 5.14. The van der Waals surface area contributed by atoms with E-state index >= 15 is 0 Å². The molecule has 1 aliphatic rings. The van der Waals surface area contributed by atoms with E-state index in [4.69, 9.17) is 4.74 Å². The predicted molar refractivity (Wildman–Crippen MR) is 119 cm³/mol. The number of rotatable bonds is 7. The van der Waals surface area contributed by atoms with Crippen molar-refractivity contribution in [3.8, 4) is 23.1 Å². The van der Waals surface area contributed by atoms with Gasteiger partial charge in [-0.2, -0.15) is 0 Å². The fourth-order valence-electron chi connectivity index (χ4n) is 3.60. The molecule has 1 aliphatic carbocycles. The van der Waals surface area contributed by atoms with Crippen LogP contribution < -0.4 is 0 Å². The highest BCUT2D eigenvalue weighted by molar-refractivity contribution is 5.89. The highest BCUT2D eigenvalue weighted by Gasteiger charge is 2.24. The summed E-state index contributed by atoms with van der Waals surface area (Å²) in [5, 5.41) is 10.5. The molecule has 0 bridgehead atoms. The molecule has 0 unspecified atom stereocenters. The van der Waals surface area contributed by atoms with Crippen LogP contribution in [0.5, 0.6) is 0 Å². The van der Waals surface area contributed by atoms with Crippen LogP contribution >= 0.6 is 0 Å². The van der Waals surface area contributed by atoms with Gasteiger partial charge < -0.3 is 14.7 Å². The monoisotopic (exact) mass is 420 g/mol. The van der Waals surface area contributed by atoms with Gasteiger partial charge in [-0.25, -0.2) is 9.78 Å². The number of nitrogens with zero attached hydrogens (tertiary/aromatic N) is 2. The second-order valence-corrected chi connectivity index (χ2v) is 7.99. The summed E-state index contributed by atoms with van der Waals surface area (Å²) >= 11 is 0. The van der Waals surface area contributed by atoms with Crippen molar-refractivity contribution in [1.29, 1.82) is 0 Å². The zero-order valence-electron chi connectivity index (χ0n) is 18.3. The van der Waals surface area contributed by atoms with Gasteiger partial charge >= 0.3 is 5.97 Å². The van der Waals surface area contributed by atoms with Gasteiger partial charge in [0.25, 0.3) is 0 Å². The van der Waals surface area contributed by atoms with E-state index in [1.165, 1.54) is 0 Å². The highest BCUT2D eigenvalue weighted by atomic mass is 16.5. The van der Waals surface area contributed by atoms with Crippen molar-refractivity contribution in [2.45, 2.75) is 38.2 Å². The maximum Gasteiger partial charge on any atom is 0.356 e. The minimum absolute atomic E-state index is 0.229. The average molecular weight is 421 g/mol. The van der Waals surface area contributed by atoms with Crippen LogP contribution in [0.4, 0.5) is 0 Å². The van der Waals surface area contributed by atoms with Crippen LogP contribution in [0.1, 0.15) is 46.9 Å². The lowest BCUT2D eigenvalue weighted by atomic mass is 9.99. The van der Waals surface area contributed by atoms with Gasteiger partial charge in [0.15, 0.2) is 11.9 Å². The predicted octanol–water partition coefficient (Wildman–Crippen LogP) is 2.65. The van der Waals surface area contributed by atoms with E-state index in [2.05, 4.69) is 16.8 Å². The minimum atomic E-state index is -1.69. The molecule has 0 spiro atoms. The van der Waals surface area contributed by atoms with Gasteiger partial charge in [0.2, 0.25) is 0 Å². The van der Waals surface area contributed by atoms with Crippen molar-refractivity contribution in [2.75, 3.05) is 27.2 Å². The molecule has 0 amide bonds. The van der Waals surface area contributed by atoms with Gasteiger partial charge in [0.05, 0.1) is 12.3 Å². The molecule has 1 atom stereocenters. The summed E-state index contributed by atoms with van der Waals surface area (Å²) in [4.78, 5) is 30.2. The molecule has 1 aromatic carbocycles. The molecule has 0 radical (unpaired) electrons. The molecule has 0 aliphatic heterocycles. The molecular formula is C25H28N2O4. The van der Waals surface area contributed by atoms with E-state index in [9.17, 15) is 14.7 Å². The van der Waals surface area contributed by atoms with Crippen molar-refractivity contribution in [3.05, 3.63) is 52.7 Å². The second-order valence-electron chi connectivity index (χ2n) is 7.99. The first-order valence-corrected chi connectivity index (χ1v) is 10.5. The van der Waals surface area contributed by atoms with E-state index in [1.807, 2.05) is 49.3 Å². The van der Waals surface area contributed by atoms with E-state index in [0.717, 1.165) is 41.6 Å². The number of carbonyl (C=O) groups is 2. The SMILES string of the molecule is CCOC(=O)c1cc2c(c(-c3cccc(C#C[C@@](O)(C=O)CCN(C)C)c3)n1)CCC2. The molecular weight excluding hydrogens is 392 g/mol. The van der Waals surface area contributed by atoms with Crippen molar-refractivity contribution in [3.63, 3.8) is 0 Å². The smallest absolute Gasteiger partial charge is 0.356 e. The maximum absolute atomic E-state index is 12.3. The molecule has 6 heteroatoms. The summed E-state index contributed by atoms with van der Waals surface area (Å²) in [7, 11) is 3.75. The quantitative estimate of drug-likeness (QED) is 0.421. The molecule has 0 saturated carbocycles. The largest absolute Gasteiger partial charge is 0.461 e. The van der Waals surface area contributed by atoms with Gasteiger partial charge in [-0.1, -0.05) is 24.0 Å². The lowest BCUT2D eigenvalue weighted by molar-refractivity contribution is -0.119. The lowest BCUT2D eigenvalue weighted by Crippen LogP contribution is -2.33. The summed E-state index contributed by atoms with van der Waals surface area (Å²) in [6, 6.07) is 9.32. The van der Waals surface area contributed by atoms with E-state index in [1.54, 1.807) is 6.92 Å². The molecule has 6 nitrogen and oxygen atoms in total. The molecule has 0 saturated heterocycles. The standard InChI is InChI=1S/C25H28N2O4/c1-4-31-24(29)22-16-19-8-6-10-21(19)23(26-22)20-9-5-7-18(15-20)11-12-25(30,17-28)13-14-27(2)3/h5,7,9,15-17,30H,4,6,8,10,13-14H2,1-3H3/t25-/m0/s1. The van der Waals surface area contributed by atoms with Crippen LogP contribution in [0, 0.1) is 11.8 Å². The maximum atomic E-state index is 12.3. The molecule has 1 heterocycles. The normalized spacial score (nSPS) is 14.4. The number of fused-ring (bicyclic) bond motifs is 1. The Morgan fingerprint density at radius 3 is 2.84 bits per heavy atom. The third-order valence-electron chi connectivity index (χ3n) is 5.27. The summed E-state index contributed by atoms with van der Waals surface area (Å²) in [5.41, 5.74) is 3.17. The number of carbonyl (C=O) groups excluding carboxylic acids is 2. The average Bonchev–Trinajstić information content (AvgIpc) is 3.25. The summed E-state index contributed by atoms with van der Waals surface area (Å²) in [6.45, 7) is 2.61. The Kier molecular flexibility index (Phi) is 7.21. The van der Waals surface area contributed by atoms with Crippen LogP contribution in [0.15, 0.2) is 30.3 Å². The van der Waals surface area contributed by atoms with Gasteiger partial charge in [-0.15, -0.1) is 0 Å². The Balaban J connectivity index is 1.96. The number of hydrogen-bond donors (Lipinski definition) is 1. The second kappa shape index (κ2) is 9.86. The van der Waals surface area contributed by atoms with Crippen molar-refractivity contribution < 1.29 is 19.4 Å². The van der Waals surface area contributed by atoms with Gasteiger partial charge in [0, 0.05) is 24.1 Å². The molecule has 1 N–H and O–H groups in total. The lowest BCUT2D eigenvalue weighted by Gasteiger charge is -2.17. The molecule has 3 rings (SSSR count). The van der Waals surface area contributed by atoms with Crippen molar-refractivity contribution >= 4 is 12.3 Å². The number of hydrogen-bond acceptors (Lipinski definition) is 6. The van der Waals surface area contributed by atoms with Gasteiger partial charge in [-0.05, 0) is 69.6 Å². The van der Waals surface area contributed by atoms with Crippen LogP contribution in [-0.4, -0.2) is 60.1 Å². The zero-order valence-corrected chi connectivity index (χ0v) is 18.3. The third-order valence-corrected chi connectivity index (χ3v) is 5.27. The summed E-state index contributed by atoms with van der Waals surface area (Å²) in [5.74, 6) is 5.21. The van der Waals surface area contributed by atoms with E-state index < -0.39 is 11.6 Å². The number of pyridine rings is 1. The Labute approximate surface area is 183 Å². The number of aryl methyl sites for hydroxylation is 1. The zero-order chi connectivity index (χ0) is 22.4. The first kappa shape index (κ1) is 22.7.